The molecule has 0 atom stereocenters. The number of carbonyl (C=O) groups is 1. The van der Waals surface area contributed by atoms with Crippen molar-refractivity contribution in [3.8, 4) is 0 Å². The molecule has 5 nitrogen and oxygen atoms in total. The van der Waals surface area contributed by atoms with Gasteiger partial charge in [-0.25, -0.2) is 4.79 Å². The van der Waals surface area contributed by atoms with E-state index in [1.54, 1.807) is 11.8 Å². The fraction of sp³-hybridized carbons (Fsp3) is 0.300. The van der Waals surface area contributed by atoms with Crippen molar-refractivity contribution in [1.29, 1.82) is 0 Å². The Balaban J connectivity index is 1.89. The number of urea groups is 1. The van der Waals surface area contributed by atoms with E-state index < -0.39 is 0 Å². The van der Waals surface area contributed by atoms with Gasteiger partial charge < -0.3 is 0 Å². The molecule has 0 saturated carbocycles. The highest BCUT2D eigenvalue weighted by molar-refractivity contribution is 8.01. The Morgan fingerprint density at radius 1 is 1.39 bits per heavy atom. The minimum absolute atomic E-state index is 0.297. The van der Waals surface area contributed by atoms with Gasteiger partial charge >= 0.3 is 6.03 Å². The molecule has 0 aromatic carbocycles. The van der Waals surface area contributed by atoms with Crippen LogP contribution in [-0.2, 0) is 0 Å². The third kappa shape index (κ3) is 3.97. The van der Waals surface area contributed by atoms with Crippen LogP contribution in [0.4, 0.5) is 14.9 Å². The number of thioether (sulfide) groups is 1. The Morgan fingerprint density at radius 3 is 2.89 bits per heavy atom. The fourth-order valence-electron chi connectivity index (χ4n) is 1.10. The van der Waals surface area contributed by atoms with E-state index in [-0.39, 0.29) is 6.03 Å². The van der Waals surface area contributed by atoms with E-state index in [4.69, 9.17) is 0 Å². The molecule has 0 aliphatic carbocycles. The normalized spacial score (nSPS) is 10.6. The first-order valence-electron chi connectivity index (χ1n) is 5.25. The van der Waals surface area contributed by atoms with Gasteiger partial charge in [0.05, 0.1) is 5.00 Å². The lowest BCUT2D eigenvalue weighted by Crippen LogP contribution is -2.18. The summed E-state index contributed by atoms with van der Waals surface area (Å²) in [6.07, 6.45) is 0. The van der Waals surface area contributed by atoms with Crippen LogP contribution >= 0.6 is 34.4 Å². The molecule has 2 rings (SSSR count). The number of aromatic nitrogens is 2. The van der Waals surface area contributed by atoms with Crippen molar-refractivity contribution < 1.29 is 4.79 Å². The summed E-state index contributed by atoms with van der Waals surface area (Å²) >= 11 is 4.47. The van der Waals surface area contributed by atoms with E-state index in [2.05, 4.69) is 34.7 Å². The smallest absolute Gasteiger partial charge is 0.299 e. The molecule has 18 heavy (non-hydrogen) atoms. The van der Waals surface area contributed by atoms with Gasteiger partial charge in [-0.2, -0.15) is 0 Å². The van der Waals surface area contributed by atoms with Crippen molar-refractivity contribution >= 4 is 50.6 Å². The average molecular weight is 300 g/mol. The molecule has 0 fully saturated rings. The number of hydrogen-bond acceptors (Lipinski definition) is 6. The highest BCUT2D eigenvalue weighted by Crippen LogP contribution is 2.28. The van der Waals surface area contributed by atoms with E-state index in [1.807, 2.05) is 17.5 Å². The second-order valence-electron chi connectivity index (χ2n) is 3.60. The van der Waals surface area contributed by atoms with Gasteiger partial charge in [0, 0.05) is 5.25 Å². The zero-order valence-corrected chi connectivity index (χ0v) is 12.3. The van der Waals surface area contributed by atoms with Crippen molar-refractivity contribution in [2.75, 3.05) is 10.6 Å². The number of amides is 2. The van der Waals surface area contributed by atoms with Gasteiger partial charge in [0.2, 0.25) is 5.13 Å². The van der Waals surface area contributed by atoms with Crippen LogP contribution in [0.2, 0.25) is 0 Å². The van der Waals surface area contributed by atoms with Crippen LogP contribution in [0, 0.1) is 0 Å². The van der Waals surface area contributed by atoms with E-state index in [9.17, 15) is 4.79 Å². The third-order valence-corrected chi connectivity index (χ3v) is 4.43. The number of nitrogens with zero attached hydrogens (tertiary/aromatic N) is 2. The van der Waals surface area contributed by atoms with Crippen LogP contribution < -0.4 is 10.6 Å². The molecule has 0 unspecified atom stereocenters. The van der Waals surface area contributed by atoms with Crippen molar-refractivity contribution in [3.05, 3.63) is 17.5 Å². The summed E-state index contributed by atoms with van der Waals surface area (Å²) in [6, 6.07) is 3.42. The quantitative estimate of drug-likeness (QED) is 0.666. The van der Waals surface area contributed by atoms with Crippen LogP contribution in [0.15, 0.2) is 21.9 Å². The molecule has 2 N–H and O–H groups in total. The number of carbonyl (C=O) groups excluding carboxylic acids is 1. The van der Waals surface area contributed by atoms with Crippen LogP contribution in [0.5, 0.6) is 0 Å². The Bertz CT molecular complexity index is 509. The first-order valence-corrected chi connectivity index (χ1v) is 7.83. The summed E-state index contributed by atoms with van der Waals surface area (Å²) in [5.74, 6) is 0. The lowest BCUT2D eigenvalue weighted by atomic mass is 10.6. The Morgan fingerprint density at radius 2 is 2.22 bits per heavy atom. The molecular weight excluding hydrogens is 288 g/mol. The van der Waals surface area contributed by atoms with Crippen molar-refractivity contribution in [3.63, 3.8) is 0 Å². The summed E-state index contributed by atoms with van der Waals surface area (Å²) in [5.41, 5.74) is 0. The first-order chi connectivity index (χ1) is 8.63. The van der Waals surface area contributed by atoms with E-state index in [1.165, 1.54) is 22.7 Å². The van der Waals surface area contributed by atoms with Crippen LogP contribution in [0.25, 0.3) is 0 Å². The zero-order valence-electron chi connectivity index (χ0n) is 9.84. The highest BCUT2D eigenvalue weighted by atomic mass is 32.2. The molecule has 0 saturated heterocycles. The average Bonchev–Trinajstić information content (AvgIpc) is 2.89. The molecule has 96 valence electrons. The summed E-state index contributed by atoms with van der Waals surface area (Å²) in [6.45, 7) is 4.17. The largest absolute Gasteiger partial charge is 0.326 e. The minimum atomic E-state index is -0.297. The fourth-order valence-corrected chi connectivity index (χ4v) is 3.68. The predicted molar refractivity (Wildman–Crippen MR) is 77.9 cm³/mol. The number of thiophene rings is 1. The number of hydrogen-bond donors (Lipinski definition) is 2. The van der Waals surface area contributed by atoms with Crippen LogP contribution in [-0.4, -0.2) is 21.5 Å². The van der Waals surface area contributed by atoms with Gasteiger partial charge in [-0.3, -0.25) is 10.6 Å². The van der Waals surface area contributed by atoms with Crippen molar-refractivity contribution in [2.45, 2.75) is 23.4 Å². The third-order valence-electron chi connectivity index (χ3n) is 1.72. The Hall–Kier alpha value is -1.12. The van der Waals surface area contributed by atoms with Gasteiger partial charge in [-0.1, -0.05) is 36.9 Å². The maximum atomic E-state index is 11.6. The van der Waals surface area contributed by atoms with E-state index >= 15 is 0 Å². The molecule has 0 spiro atoms. The minimum Gasteiger partial charge on any atom is -0.299 e. The lowest BCUT2D eigenvalue weighted by Gasteiger charge is -2.01. The molecule has 0 aliphatic heterocycles. The van der Waals surface area contributed by atoms with Crippen molar-refractivity contribution in [2.24, 2.45) is 0 Å². The maximum Gasteiger partial charge on any atom is 0.326 e. The topological polar surface area (TPSA) is 66.9 Å². The van der Waals surface area contributed by atoms with E-state index in [0.29, 0.717) is 10.4 Å². The second kappa shape index (κ2) is 6.17. The Kier molecular flexibility index (Phi) is 4.56. The van der Waals surface area contributed by atoms with E-state index in [0.717, 1.165) is 9.34 Å². The molecule has 2 aromatic heterocycles. The molecule has 0 bridgehead atoms. The number of anilines is 2. The van der Waals surface area contributed by atoms with Gasteiger partial charge in [-0.15, -0.1) is 21.5 Å². The molecule has 0 radical (unpaired) electrons. The lowest BCUT2D eigenvalue weighted by molar-refractivity contribution is 0.262. The summed E-state index contributed by atoms with van der Waals surface area (Å²) in [5, 5.41) is 17.0. The maximum absolute atomic E-state index is 11.6. The molecular formula is C10H12N4OS3. The summed E-state index contributed by atoms with van der Waals surface area (Å²) in [7, 11) is 0. The summed E-state index contributed by atoms with van der Waals surface area (Å²) < 4.78 is 0.858. The van der Waals surface area contributed by atoms with Crippen LogP contribution in [0.1, 0.15) is 13.8 Å². The molecule has 2 heterocycles. The highest BCUT2D eigenvalue weighted by Gasteiger charge is 2.09. The van der Waals surface area contributed by atoms with Gasteiger partial charge in [0.1, 0.15) is 0 Å². The number of nitrogens with one attached hydrogen (secondary N) is 2. The summed E-state index contributed by atoms with van der Waals surface area (Å²) in [4.78, 5) is 11.6. The zero-order chi connectivity index (χ0) is 13.0. The molecule has 2 aromatic rings. The first kappa shape index (κ1) is 13.3. The van der Waals surface area contributed by atoms with Gasteiger partial charge in [0.15, 0.2) is 4.34 Å². The van der Waals surface area contributed by atoms with Crippen LogP contribution in [0.3, 0.4) is 0 Å². The molecule has 8 heteroatoms. The SMILES string of the molecule is CC(C)Sc1nnc(NC(=O)Nc2cccs2)s1. The Labute approximate surface area is 117 Å². The monoisotopic (exact) mass is 300 g/mol. The van der Waals surface area contributed by atoms with Crippen molar-refractivity contribution in [1.82, 2.24) is 10.2 Å². The second-order valence-corrected chi connectivity index (χ2v) is 7.34. The molecule has 2 amide bonds. The number of rotatable bonds is 4. The van der Waals surface area contributed by atoms with Gasteiger partial charge in [0.25, 0.3) is 0 Å². The van der Waals surface area contributed by atoms with Gasteiger partial charge in [-0.05, 0) is 17.5 Å². The molecule has 0 aliphatic rings. The standard InChI is InChI=1S/C10H12N4OS3/c1-6(2)17-10-14-13-9(18-10)12-8(15)11-7-4-3-5-16-7/h3-6H,1-2H3,(H2,11,12,13,15). The predicted octanol–water partition coefficient (Wildman–Crippen LogP) is 3.74.